The summed E-state index contributed by atoms with van der Waals surface area (Å²) in [5.74, 6) is -0.968. The Labute approximate surface area is 302 Å². The van der Waals surface area contributed by atoms with E-state index in [1.54, 1.807) is 0 Å². The highest BCUT2D eigenvalue weighted by Crippen LogP contribution is 2.51. The van der Waals surface area contributed by atoms with Crippen molar-refractivity contribution >= 4 is 19.6 Å². The first kappa shape index (κ1) is 48.2. The summed E-state index contributed by atoms with van der Waals surface area (Å²) >= 11 is 0. The molecular weight excluding hydrogens is 637 g/mol. The molecule has 0 aliphatic heterocycles. The second-order valence-corrected chi connectivity index (χ2v) is 15.7. The predicted octanol–water partition coefficient (Wildman–Crippen LogP) is 12.1. The molecule has 9 heteroatoms. The molecule has 0 aromatic rings. The Balaban J connectivity index is 4.08. The summed E-state index contributed by atoms with van der Waals surface area (Å²) in [6.07, 6.45) is 36.1. The van der Waals surface area contributed by atoms with Crippen molar-refractivity contribution in [2.24, 2.45) is 5.73 Å². The first-order valence-electron chi connectivity index (χ1n) is 20.9. The van der Waals surface area contributed by atoms with E-state index in [4.69, 9.17) is 19.3 Å². The van der Waals surface area contributed by atoms with Gasteiger partial charge in [0.1, 0.15) is 6.10 Å². The first-order chi connectivity index (χ1) is 23.9. The van der Waals surface area contributed by atoms with Gasteiger partial charge >= 0.3 is 13.8 Å². The minimum absolute atomic E-state index is 0.0917. The summed E-state index contributed by atoms with van der Waals surface area (Å²) in [6, 6.07) is 0. The van der Waals surface area contributed by atoms with E-state index in [9.17, 15) is 19.3 Å². The molecule has 2 atom stereocenters. The molecule has 0 radical (unpaired) electrons. The maximum absolute atomic E-state index is 13.2. The molecule has 0 aliphatic rings. The average Bonchev–Trinajstić information content (AvgIpc) is 3.09. The lowest BCUT2D eigenvalue weighted by atomic mass is 10.0. The highest BCUT2D eigenvalue weighted by Gasteiger charge is 2.36. The van der Waals surface area contributed by atoms with Crippen molar-refractivity contribution in [2.45, 2.75) is 225 Å². The van der Waals surface area contributed by atoms with E-state index in [0.717, 1.165) is 32.1 Å². The zero-order valence-electron chi connectivity index (χ0n) is 32.2. The molecule has 3 N–H and O–H groups in total. The van der Waals surface area contributed by atoms with E-state index in [2.05, 4.69) is 13.8 Å². The van der Waals surface area contributed by atoms with Gasteiger partial charge in [0.15, 0.2) is 5.78 Å². The van der Waals surface area contributed by atoms with Gasteiger partial charge in [-0.25, -0.2) is 4.57 Å². The van der Waals surface area contributed by atoms with E-state index < -0.39 is 26.5 Å². The van der Waals surface area contributed by atoms with Gasteiger partial charge in [-0.15, -0.1) is 0 Å². The van der Waals surface area contributed by atoms with Crippen LogP contribution in [0.5, 0.6) is 0 Å². The SMILES string of the molecule is CCCCCCCCCCCCCCCCCC(=O)OP(=O)(OCCO)OC(CN)C(=O)CCCCCCCCCCCCCCCCC. The second-order valence-electron chi connectivity index (χ2n) is 14.2. The molecule has 0 amide bonds. The average molecular weight is 718 g/mol. The van der Waals surface area contributed by atoms with E-state index in [0.29, 0.717) is 12.8 Å². The van der Waals surface area contributed by atoms with Crippen molar-refractivity contribution in [3.63, 3.8) is 0 Å². The number of carbonyl (C=O) groups excluding carboxylic acids is 2. The molecule has 0 aliphatic carbocycles. The lowest BCUT2D eigenvalue weighted by Gasteiger charge is -2.22. The summed E-state index contributed by atoms with van der Waals surface area (Å²) in [6.45, 7) is 3.55. The van der Waals surface area contributed by atoms with Gasteiger partial charge in [0.05, 0.1) is 13.2 Å². The molecule has 2 unspecified atom stereocenters. The van der Waals surface area contributed by atoms with Crippen LogP contribution >= 0.6 is 7.82 Å². The Bertz CT molecular complexity index is 782. The zero-order valence-corrected chi connectivity index (χ0v) is 33.1. The van der Waals surface area contributed by atoms with Crippen molar-refractivity contribution in [3.8, 4) is 0 Å². The number of unbranched alkanes of at least 4 members (excludes halogenated alkanes) is 28. The Morgan fingerprint density at radius 1 is 0.551 bits per heavy atom. The molecule has 292 valence electrons. The number of carbonyl (C=O) groups is 2. The molecule has 0 saturated carbocycles. The van der Waals surface area contributed by atoms with Crippen LogP contribution in [-0.2, 0) is 27.7 Å². The summed E-state index contributed by atoms with van der Waals surface area (Å²) in [5.41, 5.74) is 5.78. The number of hydrogen-bond donors (Lipinski definition) is 2. The Morgan fingerprint density at radius 3 is 1.20 bits per heavy atom. The van der Waals surface area contributed by atoms with Crippen LogP contribution in [0.4, 0.5) is 0 Å². The van der Waals surface area contributed by atoms with Gasteiger partial charge in [-0.3, -0.25) is 18.6 Å². The Hall–Kier alpha value is -0.790. The van der Waals surface area contributed by atoms with Gasteiger partial charge in [0, 0.05) is 19.4 Å². The maximum atomic E-state index is 13.2. The number of aliphatic hydroxyl groups is 1. The summed E-state index contributed by atoms with van der Waals surface area (Å²) in [4.78, 5) is 25.3. The Kier molecular flexibility index (Phi) is 36.4. The third kappa shape index (κ3) is 32.8. The third-order valence-electron chi connectivity index (χ3n) is 9.40. The number of phosphoric acid groups is 1. The third-order valence-corrected chi connectivity index (χ3v) is 10.8. The van der Waals surface area contributed by atoms with Crippen LogP contribution in [0, 0.1) is 0 Å². The zero-order chi connectivity index (χ0) is 36.1. The van der Waals surface area contributed by atoms with E-state index >= 15 is 0 Å². The van der Waals surface area contributed by atoms with Crippen LogP contribution < -0.4 is 5.73 Å². The molecule has 0 bridgehead atoms. The van der Waals surface area contributed by atoms with Crippen LogP contribution in [0.15, 0.2) is 0 Å². The molecule has 0 heterocycles. The highest BCUT2D eigenvalue weighted by molar-refractivity contribution is 7.49. The van der Waals surface area contributed by atoms with E-state index in [-0.39, 0.29) is 31.8 Å². The number of nitrogens with two attached hydrogens (primary N) is 1. The van der Waals surface area contributed by atoms with Crippen LogP contribution in [-0.4, -0.2) is 42.7 Å². The van der Waals surface area contributed by atoms with E-state index in [1.807, 2.05) is 0 Å². The summed E-state index contributed by atoms with van der Waals surface area (Å²) in [7, 11) is -4.39. The highest BCUT2D eigenvalue weighted by atomic mass is 31.2. The lowest BCUT2D eigenvalue weighted by Crippen LogP contribution is -2.32. The topological polar surface area (TPSA) is 125 Å². The molecule has 0 spiro atoms. The number of rotatable bonds is 40. The van der Waals surface area contributed by atoms with Gasteiger partial charge in [0.25, 0.3) is 0 Å². The molecule has 49 heavy (non-hydrogen) atoms. The molecule has 0 saturated heterocycles. The van der Waals surface area contributed by atoms with Gasteiger partial charge < -0.3 is 15.4 Å². The predicted molar refractivity (Wildman–Crippen MR) is 205 cm³/mol. The van der Waals surface area contributed by atoms with Gasteiger partial charge in [-0.1, -0.05) is 194 Å². The summed E-state index contributed by atoms with van der Waals surface area (Å²) < 4.78 is 28.9. The molecular formula is C40H80NO7P. The number of phosphoric ester groups is 1. The van der Waals surface area contributed by atoms with Gasteiger partial charge in [-0.2, -0.15) is 0 Å². The number of Topliss-reactive ketones (excluding diaryl/α,β-unsaturated/α-hetero) is 1. The fraction of sp³-hybridized carbons (Fsp3) is 0.950. The molecule has 8 nitrogen and oxygen atoms in total. The minimum Gasteiger partial charge on any atom is -0.394 e. The molecule has 0 aromatic heterocycles. The fourth-order valence-corrected chi connectivity index (χ4v) is 7.58. The fourth-order valence-electron chi connectivity index (χ4n) is 6.26. The van der Waals surface area contributed by atoms with Crippen molar-refractivity contribution in [2.75, 3.05) is 19.8 Å². The van der Waals surface area contributed by atoms with Crippen LogP contribution in [0.25, 0.3) is 0 Å². The van der Waals surface area contributed by atoms with Crippen molar-refractivity contribution in [1.82, 2.24) is 0 Å². The largest absolute Gasteiger partial charge is 0.533 e. The standard InChI is InChI=1S/C40H80NO7P/c1-3-5-7-9-11-13-15-17-19-21-23-25-27-29-31-33-38(43)39(37-41)47-49(45,46-36-35-42)48-40(44)34-32-30-28-26-24-22-20-18-16-14-12-10-8-6-4-2/h39,42H,3-37,41H2,1-2H3. The van der Waals surface area contributed by atoms with Crippen molar-refractivity contribution in [1.29, 1.82) is 0 Å². The van der Waals surface area contributed by atoms with Crippen LogP contribution in [0.3, 0.4) is 0 Å². The molecule has 0 fully saturated rings. The summed E-state index contributed by atoms with van der Waals surface area (Å²) in [5, 5.41) is 9.18. The van der Waals surface area contributed by atoms with Gasteiger partial charge in [-0.05, 0) is 12.8 Å². The van der Waals surface area contributed by atoms with E-state index in [1.165, 1.54) is 148 Å². The first-order valence-corrected chi connectivity index (χ1v) is 22.4. The lowest BCUT2D eigenvalue weighted by molar-refractivity contribution is -0.138. The maximum Gasteiger partial charge on any atom is 0.533 e. The van der Waals surface area contributed by atoms with Crippen molar-refractivity contribution in [3.05, 3.63) is 0 Å². The monoisotopic (exact) mass is 718 g/mol. The molecule has 0 rings (SSSR count). The minimum atomic E-state index is -4.39. The van der Waals surface area contributed by atoms with Gasteiger partial charge in [0.2, 0.25) is 0 Å². The second kappa shape index (κ2) is 37.0. The number of ketones is 1. The number of aliphatic hydroxyl groups excluding tert-OH is 1. The van der Waals surface area contributed by atoms with Crippen molar-refractivity contribution < 1.29 is 32.8 Å². The Morgan fingerprint density at radius 2 is 0.878 bits per heavy atom. The smallest absolute Gasteiger partial charge is 0.394 e. The normalized spacial score (nSPS) is 13.4. The number of hydrogen-bond acceptors (Lipinski definition) is 8. The molecule has 0 aromatic carbocycles. The quantitative estimate of drug-likeness (QED) is 0.0474. The van der Waals surface area contributed by atoms with Crippen LogP contribution in [0.1, 0.15) is 219 Å². The van der Waals surface area contributed by atoms with Crippen LogP contribution in [0.2, 0.25) is 0 Å².